The zero-order valence-electron chi connectivity index (χ0n) is 22.5. The number of pyridine rings is 1. The number of methoxy groups -OCH3 is 2. The van der Waals surface area contributed by atoms with E-state index in [1.165, 1.54) is 18.8 Å². The van der Waals surface area contributed by atoms with E-state index in [0.29, 0.717) is 35.4 Å². The number of carbonyl (C=O) groups excluding carboxylic acids is 1. The summed E-state index contributed by atoms with van der Waals surface area (Å²) in [7, 11) is 3.02. The summed E-state index contributed by atoms with van der Waals surface area (Å²) in [6.45, 7) is 6.10. The largest absolute Gasteiger partial charge is 0.593 e. The standard InChI is InChI=1S/C28H31N5O5S/c1-6-38-24-17-10-14-21(29-24)26-30-31-27(33(26)25-22(36-4)15-11-16-23(25)37-5)28(34)32-39(35)19(3)18(2)20-12-8-7-9-13-20/h7-19H,6H2,1-5H3,(H,32,34)/t18-,19-,39?/m1/s1. The van der Waals surface area contributed by atoms with Crippen LogP contribution in [-0.2, 0) is 11.4 Å². The van der Waals surface area contributed by atoms with Gasteiger partial charge in [0.2, 0.25) is 11.7 Å². The van der Waals surface area contributed by atoms with Gasteiger partial charge in [0.15, 0.2) is 5.82 Å². The molecule has 0 aliphatic rings. The maximum Gasteiger partial charge on any atom is 0.330 e. The molecular weight excluding hydrogens is 518 g/mol. The maximum absolute atomic E-state index is 13.6. The quantitative estimate of drug-likeness (QED) is 0.274. The van der Waals surface area contributed by atoms with E-state index in [1.54, 1.807) is 36.4 Å². The first-order chi connectivity index (χ1) is 18.9. The first kappa shape index (κ1) is 27.9. The Balaban J connectivity index is 1.76. The summed E-state index contributed by atoms with van der Waals surface area (Å²) in [5, 5.41) is 8.10. The minimum atomic E-state index is -1.73. The van der Waals surface area contributed by atoms with Crippen LogP contribution in [0.4, 0.5) is 0 Å². The van der Waals surface area contributed by atoms with Crippen molar-refractivity contribution >= 4 is 17.3 Å². The lowest BCUT2D eigenvalue weighted by atomic mass is 9.99. The summed E-state index contributed by atoms with van der Waals surface area (Å²) in [5.74, 6) is 0.626. The van der Waals surface area contributed by atoms with Crippen molar-refractivity contribution in [2.24, 2.45) is 0 Å². The third-order valence-electron chi connectivity index (χ3n) is 6.30. The molecule has 11 heteroatoms. The highest BCUT2D eigenvalue weighted by molar-refractivity contribution is 7.90. The van der Waals surface area contributed by atoms with Crippen molar-refractivity contribution in [3.63, 3.8) is 0 Å². The lowest BCUT2D eigenvalue weighted by Crippen LogP contribution is -2.40. The van der Waals surface area contributed by atoms with Gasteiger partial charge in [-0.1, -0.05) is 49.4 Å². The van der Waals surface area contributed by atoms with E-state index in [-0.39, 0.29) is 22.8 Å². The lowest BCUT2D eigenvalue weighted by molar-refractivity contribution is 0.0968. The monoisotopic (exact) mass is 549 g/mol. The molecule has 0 bridgehead atoms. The van der Waals surface area contributed by atoms with Gasteiger partial charge >= 0.3 is 5.91 Å². The van der Waals surface area contributed by atoms with E-state index in [9.17, 15) is 9.35 Å². The molecular formula is C28H31N5O5S. The summed E-state index contributed by atoms with van der Waals surface area (Å²) < 4.78 is 34.1. The third kappa shape index (κ3) is 5.99. The zero-order chi connectivity index (χ0) is 27.9. The Labute approximate surface area is 230 Å². The van der Waals surface area contributed by atoms with Crippen molar-refractivity contribution in [3.05, 3.63) is 78.1 Å². The molecule has 0 aliphatic carbocycles. The van der Waals surface area contributed by atoms with Gasteiger partial charge in [-0.05, 0) is 37.6 Å². The molecule has 1 N–H and O–H groups in total. The van der Waals surface area contributed by atoms with E-state index < -0.39 is 17.3 Å². The molecule has 39 heavy (non-hydrogen) atoms. The van der Waals surface area contributed by atoms with Gasteiger partial charge < -0.3 is 18.8 Å². The van der Waals surface area contributed by atoms with Gasteiger partial charge in [-0.15, -0.1) is 10.2 Å². The van der Waals surface area contributed by atoms with Crippen LogP contribution < -0.4 is 18.9 Å². The number of nitrogens with one attached hydrogen (secondary N) is 1. The van der Waals surface area contributed by atoms with Crippen LogP contribution in [0.1, 0.15) is 42.9 Å². The highest BCUT2D eigenvalue weighted by Crippen LogP contribution is 2.36. The number of nitrogens with zero attached hydrogens (tertiary/aromatic N) is 4. The van der Waals surface area contributed by atoms with E-state index in [0.717, 1.165) is 5.56 Å². The molecule has 0 aliphatic heterocycles. The van der Waals surface area contributed by atoms with Crippen molar-refractivity contribution < 1.29 is 23.6 Å². The smallest absolute Gasteiger partial charge is 0.330 e. The molecule has 1 amide bonds. The molecule has 2 heterocycles. The van der Waals surface area contributed by atoms with Crippen molar-refractivity contribution in [1.82, 2.24) is 24.5 Å². The van der Waals surface area contributed by atoms with Crippen LogP contribution in [0.2, 0.25) is 0 Å². The molecule has 4 aromatic rings. The Morgan fingerprint density at radius 2 is 1.64 bits per heavy atom. The topological polar surface area (TPSA) is 123 Å². The zero-order valence-corrected chi connectivity index (χ0v) is 23.3. The number of ether oxygens (including phenoxy) is 3. The molecule has 0 spiro atoms. The number of rotatable bonds is 11. The molecule has 4 rings (SSSR count). The van der Waals surface area contributed by atoms with Gasteiger partial charge in [0, 0.05) is 12.0 Å². The second-order valence-corrected chi connectivity index (χ2v) is 10.2. The van der Waals surface area contributed by atoms with Gasteiger partial charge in [-0.25, -0.2) is 4.98 Å². The molecule has 0 fully saturated rings. The number of amides is 1. The fraction of sp³-hybridized carbons (Fsp3) is 0.286. The fourth-order valence-electron chi connectivity index (χ4n) is 4.07. The molecule has 2 aromatic carbocycles. The van der Waals surface area contributed by atoms with Crippen LogP contribution in [0.25, 0.3) is 17.2 Å². The summed E-state index contributed by atoms with van der Waals surface area (Å²) in [4.78, 5) is 18.1. The molecule has 204 valence electrons. The van der Waals surface area contributed by atoms with Gasteiger partial charge in [0.05, 0.1) is 32.2 Å². The molecule has 0 saturated heterocycles. The van der Waals surface area contributed by atoms with Crippen LogP contribution in [0.3, 0.4) is 0 Å². The minimum Gasteiger partial charge on any atom is -0.593 e. The molecule has 0 radical (unpaired) electrons. The minimum absolute atomic E-state index is 0.0689. The third-order valence-corrected chi connectivity index (χ3v) is 7.77. The first-order valence-corrected chi connectivity index (χ1v) is 13.6. The molecule has 1 unspecified atom stereocenters. The molecule has 2 aromatic heterocycles. The van der Waals surface area contributed by atoms with Gasteiger partial charge in [-0.3, -0.25) is 9.36 Å². The molecule has 10 nitrogen and oxygen atoms in total. The second kappa shape index (κ2) is 12.6. The fourth-order valence-corrected chi connectivity index (χ4v) is 5.06. The van der Waals surface area contributed by atoms with Crippen molar-refractivity contribution in [1.29, 1.82) is 0 Å². The van der Waals surface area contributed by atoms with E-state index >= 15 is 0 Å². The number of hydrogen-bond donors (Lipinski definition) is 1. The predicted molar refractivity (Wildman–Crippen MR) is 149 cm³/mol. The highest BCUT2D eigenvalue weighted by Gasteiger charge is 2.32. The average Bonchev–Trinajstić information content (AvgIpc) is 3.41. The van der Waals surface area contributed by atoms with E-state index in [1.807, 2.05) is 51.1 Å². The van der Waals surface area contributed by atoms with Crippen molar-refractivity contribution in [2.45, 2.75) is 31.9 Å². The molecule has 3 atom stereocenters. The first-order valence-electron chi connectivity index (χ1n) is 12.4. The van der Waals surface area contributed by atoms with Gasteiger partial charge in [0.1, 0.15) is 28.1 Å². The Morgan fingerprint density at radius 3 is 2.28 bits per heavy atom. The Hall–Kier alpha value is -4.09. The van der Waals surface area contributed by atoms with Crippen LogP contribution in [-0.4, -0.2) is 56.3 Å². The number of carbonyl (C=O) groups is 1. The van der Waals surface area contributed by atoms with Gasteiger partial charge in [-0.2, -0.15) is 4.72 Å². The van der Waals surface area contributed by atoms with Crippen molar-refractivity contribution in [3.8, 4) is 34.6 Å². The summed E-state index contributed by atoms with van der Waals surface area (Å²) in [6, 6.07) is 20.2. The average molecular weight is 550 g/mol. The predicted octanol–water partition coefficient (Wildman–Crippen LogP) is 4.33. The Bertz CT molecular complexity index is 1390. The van der Waals surface area contributed by atoms with E-state index in [4.69, 9.17) is 14.2 Å². The Morgan fingerprint density at radius 1 is 0.974 bits per heavy atom. The number of benzene rings is 2. The maximum atomic E-state index is 13.6. The van der Waals surface area contributed by atoms with Crippen LogP contribution in [0.5, 0.6) is 17.4 Å². The van der Waals surface area contributed by atoms with Crippen LogP contribution in [0, 0.1) is 0 Å². The highest BCUT2D eigenvalue weighted by atomic mass is 32.2. The summed E-state index contributed by atoms with van der Waals surface area (Å²) in [6.07, 6.45) is 0. The summed E-state index contributed by atoms with van der Waals surface area (Å²) in [5.41, 5.74) is 1.83. The van der Waals surface area contributed by atoms with Crippen LogP contribution >= 0.6 is 0 Å². The normalized spacial score (nSPS) is 13.3. The van der Waals surface area contributed by atoms with Gasteiger partial charge in [0.25, 0.3) is 0 Å². The van der Waals surface area contributed by atoms with Crippen molar-refractivity contribution in [2.75, 3.05) is 20.8 Å². The number of aromatic nitrogens is 4. The molecule has 0 saturated carbocycles. The van der Waals surface area contributed by atoms with Crippen LogP contribution in [0.15, 0.2) is 66.7 Å². The lowest BCUT2D eigenvalue weighted by Gasteiger charge is -2.23. The van der Waals surface area contributed by atoms with E-state index in [2.05, 4.69) is 19.9 Å². The second-order valence-electron chi connectivity index (χ2n) is 8.62. The summed E-state index contributed by atoms with van der Waals surface area (Å²) >= 11 is -1.73. The Kier molecular flexibility index (Phi) is 9.05. The number of para-hydroxylation sites is 1. The number of hydrogen-bond acceptors (Lipinski definition) is 8. The SMILES string of the molecule is CCOc1cccc(-c2nnc(C(=O)N[S+]([O-])[C@H](C)[C@@H](C)c3ccccc3)n2-c2c(OC)cccc2OC)n1.